The maximum absolute atomic E-state index is 13.6. The number of para-hydroxylation sites is 1. The highest BCUT2D eigenvalue weighted by Crippen LogP contribution is 2.35. The van der Waals surface area contributed by atoms with Crippen LogP contribution in [0.3, 0.4) is 0 Å². The summed E-state index contributed by atoms with van der Waals surface area (Å²) in [4.78, 5) is 20.4. The summed E-state index contributed by atoms with van der Waals surface area (Å²) in [6, 6.07) is 15.6. The quantitative estimate of drug-likeness (QED) is 0.618. The second kappa shape index (κ2) is 7.63. The van der Waals surface area contributed by atoms with Crippen molar-refractivity contribution in [3.05, 3.63) is 54.1 Å². The van der Waals surface area contributed by atoms with Gasteiger partial charge in [0.2, 0.25) is 0 Å². The van der Waals surface area contributed by atoms with E-state index in [1.165, 1.54) is 6.42 Å². The fraction of sp³-hybridized carbons (Fsp3) is 0.360. The van der Waals surface area contributed by atoms with Gasteiger partial charge in [-0.1, -0.05) is 32.0 Å². The average Bonchev–Trinajstić information content (AvgIpc) is 2.77. The highest BCUT2D eigenvalue weighted by atomic mass is 16.6. The summed E-state index contributed by atoms with van der Waals surface area (Å²) in [5, 5.41) is 0.898. The molecule has 2 aliphatic heterocycles. The Bertz CT molecular complexity index is 1100. The van der Waals surface area contributed by atoms with E-state index in [-0.39, 0.29) is 5.91 Å². The third-order valence-electron chi connectivity index (χ3n) is 5.94. The zero-order valence-corrected chi connectivity index (χ0v) is 17.4. The minimum Gasteiger partial charge on any atom is -0.486 e. The highest BCUT2D eigenvalue weighted by molar-refractivity contribution is 6.07. The molecule has 30 heavy (non-hydrogen) atoms. The minimum atomic E-state index is 0.0887. The molecule has 0 radical (unpaired) electrons. The molecule has 1 saturated heterocycles. The molecule has 0 saturated carbocycles. The van der Waals surface area contributed by atoms with Gasteiger partial charge in [0, 0.05) is 24.0 Å². The van der Waals surface area contributed by atoms with Crippen LogP contribution in [0.2, 0.25) is 0 Å². The Morgan fingerprint density at radius 3 is 2.50 bits per heavy atom. The molecule has 5 nitrogen and oxygen atoms in total. The van der Waals surface area contributed by atoms with Crippen LogP contribution in [-0.2, 0) is 0 Å². The van der Waals surface area contributed by atoms with Crippen LogP contribution in [0.15, 0.2) is 48.5 Å². The first-order valence-electron chi connectivity index (χ1n) is 10.7. The van der Waals surface area contributed by atoms with Crippen LogP contribution >= 0.6 is 0 Å². The molecule has 1 amide bonds. The number of hydrogen-bond acceptors (Lipinski definition) is 4. The Hall–Kier alpha value is -3.08. The Morgan fingerprint density at radius 2 is 1.70 bits per heavy atom. The van der Waals surface area contributed by atoms with Gasteiger partial charge in [-0.2, -0.15) is 0 Å². The van der Waals surface area contributed by atoms with Crippen molar-refractivity contribution in [3.8, 4) is 22.8 Å². The third kappa shape index (κ3) is 3.49. The molecule has 2 aliphatic rings. The Kier molecular flexibility index (Phi) is 4.81. The molecule has 0 spiro atoms. The third-order valence-corrected chi connectivity index (χ3v) is 5.94. The lowest BCUT2D eigenvalue weighted by atomic mass is 9.91. The molecule has 2 aromatic carbocycles. The molecule has 1 fully saturated rings. The first-order valence-corrected chi connectivity index (χ1v) is 10.7. The van der Waals surface area contributed by atoms with Crippen LogP contribution in [0.1, 0.15) is 30.6 Å². The molecular weight excluding hydrogens is 376 g/mol. The summed E-state index contributed by atoms with van der Waals surface area (Å²) in [6.07, 6.45) is 1.17. The van der Waals surface area contributed by atoms with Gasteiger partial charge in [-0.25, -0.2) is 4.98 Å². The molecule has 5 heteroatoms. The van der Waals surface area contributed by atoms with Crippen LogP contribution < -0.4 is 9.47 Å². The highest BCUT2D eigenvalue weighted by Gasteiger charge is 2.27. The summed E-state index contributed by atoms with van der Waals surface area (Å²) in [5.74, 6) is 2.59. The zero-order valence-electron chi connectivity index (χ0n) is 17.4. The Morgan fingerprint density at radius 1 is 0.967 bits per heavy atom. The smallest absolute Gasteiger partial charge is 0.254 e. The summed E-state index contributed by atoms with van der Waals surface area (Å²) in [7, 11) is 0. The minimum absolute atomic E-state index is 0.0887. The topological polar surface area (TPSA) is 51.7 Å². The molecule has 0 unspecified atom stereocenters. The van der Waals surface area contributed by atoms with Crippen molar-refractivity contribution in [1.82, 2.24) is 9.88 Å². The van der Waals surface area contributed by atoms with Crippen LogP contribution in [0.25, 0.3) is 22.2 Å². The van der Waals surface area contributed by atoms with Gasteiger partial charge < -0.3 is 14.4 Å². The number of piperidine rings is 1. The van der Waals surface area contributed by atoms with Gasteiger partial charge in [-0.05, 0) is 48.6 Å². The maximum atomic E-state index is 13.6. The largest absolute Gasteiger partial charge is 0.486 e. The lowest BCUT2D eigenvalue weighted by molar-refractivity contribution is 0.0625. The normalized spacial score (nSPS) is 20.9. The molecular formula is C25H26N2O3. The lowest BCUT2D eigenvalue weighted by Gasteiger charge is -2.35. The Labute approximate surface area is 176 Å². The number of fused-ring (bicyclic) bond motifs is 2. The number of ether oxygens (including phenoxy) is 2. The summed E-state index contributed by atoms with van der Waals surface area (Å²) in [6.45, 7) is 7.16. The van der Waals surface area contributed by atoms with E-state index in [1.54, 1.807) is 0 Å². The summed E-state index contributed by atoms with van der Waals surface area (Å²) < 4.78 is 11.4. The van der Waals surface area contributed by atoms with Gasteiger partial charge in [0.1, 0.15) is 13.2 Å². The molecule has 0 bridgehead atoms. The van der Waals surface area contributed by atoms with E-state index >= 15 is 0 Å². The number of pyridine rings is 1. The second-order valence-corrected chi connectivity index (χ2v) is 8.59. The average molecular weight is 402 g/mol. The van der Waals surface area contributed by atoms with Crippen molar-refractivity contribution >= 4 is 16.8 Å². The molecule has 3 heterocycles. The van der Waals surface area contributed by atoms with E-state index in [0.29, 0.717) is 30.6 Å². The van der Waals surface area contributed by atoms with Gasteiger partial charge in [-0.15, -0.1) is 0 Å². The summed E-state index contributed by atoms with van der Waals surface area (Å²) in [5.41, 5.74) is 3.23. The maximum Gasteiger partial charge on any atom is 0.254 e. The van der Waals surface area contributed by atoms with E-state index in [2.05, 4.69) is 13.8 Å². The Balaban J connectivity index is 1.59. The van der Waals surface area contributed by atoms with Crippen molar-refractivity contribution in [2.45, 2.75) is 20.3 Å². The van der Waals surface area contributed by atoms with E-state index < -0.39 is 0 Å². The van der Waals surface area contributed by atoms with Gasteiger partial charge in [0.25, 0.3) is 5.91 Å². The standard InChI is InChI=1S/C25H26N2O3/c1-16-11-17(2)15-27(14-16)25(28)20-13-22(26-21-6-4-3-5-19(20)21)18-7-8-23-24(12-18)30-10-9-29-23/h3-8,12-13,16-17H,9-11,14-15H2,1-2H3/t16-,17-/m0/s1. The number of benzene rings is 2. The van der Waals surface area contributed by atoms with Gasteiger partial charge >= 0.3 is 0 Å². The molecule has 3 aromatic rings. The number of nitrogens with zero attached hydrogens (tertiary/aromatic N) is 2. The van der Waals surface area contributed by atoms with Gasteiger partial charge in [0.05, 0.1) is 16.8 Å². The molecule has 0 aliphatic carbocycles. The van der Waals surface area contributed by atoms with Crippen molar-refractivity contribution in [2.75, 3.05) is 26.3 Å². The fourth-order valence-corrected chi connectivity index (χ4v) is 4.70. The van der Waals surface area contributed by atoms with E-state index in [0.717, 1.165) is 46.7 Å². The van der Waals surface area contributed by atoms with Crippen molar-refractivity contribution in [3.63, 3.8) is 0 Å². The van der Waals surface area contributed by atoms with E-state index in [1.807, 2.05) is 53.4 Å². The van der Waals surface area contributed by atoms with Crippen LogP contribution in [-0.4, -0.2) is 42.1 Å². The number of carbonyl (C=O) groups is 1. The van der Waals surface area contributed by atoms with Crippen LogP contribution in [0, 0.1) is 11.8 Å². The molecule has 1 aromatic heterocycles. The predicted molar refractivity (Wildman–Crippen MR) is 117 cm³/mol. The zero-order chi connectivity index (χ0) is 20.7. The fourth-order valence-electron chi connectivity index (χ4n) is 4.70. The molecule has 5 rings (SSSR count). The van der Waals surface area contributed by atoms with E-state index in [9.17, 15) is 4.79 Å². The van der Waals surface area contributed by atoms with Gasteiger partial charge in [0.15, 0.2) is 11.5 Å². The van der Waals surface area contributed by atoms with Gasteiger partial charge in [-0.3, -0.25) is 4.79 Å². The van der Waals surface area contributed by atoms with Crippen LogP contribution in [0.4, 0.5) is 0 Å². The number of rotatable bonds is 2. The lowest BCUT2D eigenvalue weighted by Crippen LogP contribution is -2.42. The number of carbonyl (C=O) groups excluding carboxylic acids is 1. The number of aromatic nitrogens is 1. The van der Waals surface area contributed by atoms with E-state index in [4.69, 9.17) is 14.5 Å². The monoisotopic (exact) mass is 402 g/mol. The van der Waals surface area contributed by atoms with Crippen molar-refractivity contribution in [2.24, 2.45) is 11.8 Å². The molecule has 154 valence electrons. The number of amides is 1. The number of likely N-dealkylation sites (tertiary alicyclic amines) is 1. The van der Waals surface area contributed by atoms with Crippen molar-refractivity contribution in [1.29, 1.82) is 0 Å². The SMILES string of the molecule is C[C@H]1C[C@H](C)CN(C(=O)c2cc(-c3ccc4c(c3)OCCO4)nc3ccccc23)C1. The predicted octanol–water partition coefficient (Wildman–Crippen LogP) is 4.79. The molecule has 2 atom stereocenters. The molecule has 0 N–H and O–H groups in total. The van der Waals surface area contributed by atoms with Crippen molar-refractivity contribution < 1.29 is 14.3 Å². The first kappa shape index (κ1) is 18.9. The second-order valence-electron chi connectivity index (χ2n) is 8.59. The first-order chi connectivity index (χ1) is 14.6. The number of hydrogen-bond donors (Lipinski definition) is 0. The van der Waals surface area contributed by atoms with Crippen LogP contribution in [0.5, 0.6) is 11.5 Å². The summed E-state index contributed by atoms with van der Waals surface area (Å²) >= 11 is 0.